The van der Waals surface area contributed by atoms with E-state index in [1.807, 2.05) is 25.9 Å². The Bertz CT molecular complexity index is 307. The standard InChI is InChI=1S/C12H22N2O/c1-10-6-7-11(2)14(10)9-12(3,15)8-13(4)5/h6-7,15H,8-9H2,1-5H3. The molecular formula is C12H22N2O. The summed E-state index contributed by atoms with van der Waals surface area (Å²) in [6.45, 7) is 7.34. The van der Waals surface area contributed by atoms with Gasteiger partial charge in [-0.2, -0.15) is 0 Å². The molecule has 0 radical (unpaired) electrons. The highest BCUT2D eigenvalue weighted by Crippen LogP contribution is 2.14. The van der Waals surface area contributed by atoms with E-state index in [9.17, 15) is 5.11 Å². The zero-order valence-corrected chi connectivity index (χ0v) is 10.4. The SMILES string of the molecule is Cc1ccc(C)n1CC(C)(O)CN(C)C. The lowest BCUT2D eigenvalue weighted by Gasteiger charge is -2.28. The van der Waals surface area contributed by atoms with Crippen LogP contribution in [0.2, 0.25) is 0 Å². The van der Waals surface area contributed by atoms with Gasteiger partial charge in [0.2, 0.25) is 0 Å². The summed E-state index contributed by atoms with van der Waals surface area (Å²) < 4.78 is 2.16. The Balaban J connectivity index is 2.76. The Morgan fingerprint density at radius 1 is 1.27 bits per heavy atom. The van der Waals surface area contributed by atoms with Crippen LogP contribution >= 0.6 is 0 Å². The fraction of sp³-hybridized carbons (Fsp3) is 0.667. The van der Waals surface area contributed by atoms with Crippen LogP contribution in [0.25, 0.3) is 0 Å². The van der Waals surface area contributed by atoms with Gasteiger partial charge in [-0.05, 0) is 47.0 Å². The molecule has 86 valence electrons. The quantitative estimate of drug-likeness (QED) is 0.814. The predicted molar refractivity (Wildman–Crippen MR) is 63.1 cm³/mol. The molecule has 1 rings (SSSR count). The van der Waals surface area contributed by atoms with Crippen LogP contribution in [0.5, 0.6) is 0 Å². The lowest BCUT2D eigenvalue weighted by atomic mass is 10.1. The first-order chi connectivity index (χ1) is 6.82. The van der Waals surface area contributed by atoms with Gasteiger partial charge in [0.25, 0.3) is 0 Å². The summed E-state index contributed by atoms with van der Waals surface area (Å²) >= 11 is 0. The Hall–Kier alpha value is -0.800. The van der Waals surface area contributed by atoms with Gasteiger partial charge >= 0.3 is 0 Å². The van der Waals surface area contributed by atoms with Gasteiger partial charge in [-0.3, -0.25) is 0 Å². The van der Waals surface area contributed by atoms with Crippen LogP contribution in [0.15, 0.2) is 12.1 Å². The second-order valence-corrected chi connectivity index (χ2v) is 4.94. The zero-order chi connectivity index (χ0) is 11.6. The second kappa shape index (κ2) is 4.37. The van der Waals surface area contributed by atoms with E-state index in [4.69, 9.17) is 0 Å². The molecule has 1 aromatic rings. The van der Waals surface area contributed by atoms with Gasteiger partial charge in [-0.25, -0.2) is 0 Å². The molecule has 15 heavy (non-hydrogen) atoms. The zero-order valence-electron chi connectivity index (χ0n) is 10.4. The van der Waals surface area contributed by atoms with E-state index < -0.39 is 5.60 Å². The normalized spacial score (nSPS) is 15.7. The molecule has 0 saturated carbocycles. The number of aromatic nitrogens is 1. The monoisotopic (exact) mass is 210 g/mol. The lowest BCUT2D eigenvalue weighted by molar-refractivity contribution is 0.0168. The summed E-state index contributed by atoms with van der Waals surface area (Å²) in [5.41, 5.74) is 1.72. The van der Waals surface area contributed by atoms with Crippen LogP contribution in [-0.2, 0) is 6.54 Å². The van der Waals surface area contributed by atoms with Crippen LogP contribution in [-0.4, -0.2) is 40.8 Å². The largest absolute Gasteiger partial charge is 0.387 e. The fourth-order valence-corrected chi connectivity index (χ4v) is 2.02. The maximum Gasteiger partial charge on any atom is 0.0923 e. The molecule has 0 amide bonds. The van der Waals surface area contributed by atoms with Crippen molar-refractivity contribution in [3.8, 4) is 0 Å². The first-order valence-corrected chi connectivity index (χ1v) is 5.32. The van der Waals surface area contributed by atoms with Gasteiger partial charge in [0.05, 0.1) is 12.1 Å². The number of aliphatic hydroxyl groups is 1. The predicted octanol–water partition coefficient (Wildman–Crippen LogP) is 1.42. The number of aryl methyl sites for hydroxylation is 2. The van der Waals surface area contributed by atoms with Crippen LogP contribution in [0, 0.1) is 13.8 Å². The molecule has 1 N–H and O–H groups in total. The molecular weight excluding hydrogens is 188 g/mol. The van der Waals surface area contributed by atoms with Gasteiger partial charge in [0.1, 0.15) is 0 Å². The molecule has 1 heterocycles. The molecule has 0 aromatic carbocycles. The van der Waals surface area contributed by atoms with Crippen molar-refractivity contribution in [2.45, 2.75) is 32.9 Å². The van der Waals surface area contributed by atoms with Gasteiger partial charge in [-0.15, -0.1) is 0 Å². The van der Waals surface area contributed by atoms with E-state index in [1.165, 1.54) is 11.4 Å². The molecule has 3 heteroatoms. The number of hydrogen-bond donors (Lipinski definition) is 1. The van der Waals surface area contributed by atoms with E-state index in [0.29, 0.717) is 13.1 Å². The highest BCUT2D eigenvalue weighted by molar-refractivity contribution is 5.14. The van der Waals surface area contributed by atoms with Crippen molar-refractivity contribution in [3.05, 3.63) is 23.5 Å². The average Bonchev–Trinajstić information content (AvgIpc) is 2.33. The molecule has 1 atom stereocenters. The number of likely N-dealkylation sites (N-methyl/N-ethyl adjacent to an activating group) is 1. The van der Waals surface area contributed by atoms with E-state index in [2.05, 4.69) is 30.5 Å². The van der Waals surface area contributed by atoms with Crippen molar-refractivity contribution in [1.29, 1.82) is 0 Å². The third kappa shape index (κ3) is 3.36. The van der Waals surface area contributed by atoms with Crippen LogP contribution in [0.4, 0.5) is 0 Å². The first kappa shape index (κ1) is 12.3. The van der Waals surface area contributed by atoms with E-state index in [0.717, 1.165) is 0 Å². The van der Waals surface area contributed by atoms with Crippen LogP contribution in [0.3, 0.4) is 0 Å². The summed E-state index contributed by atoms with van der Waals surface area (Å²) in [6.07, 6.45) is 0. The van der Waals surface area contributed by atoms with Crippen LogP contribution in [0.1, 0.15) is 18.3 Å². The number of rotatable bonds is 4. The first-order valence-electron chi connectivity index (χ1n) is 5.32. The maximum absolute atomic E-state index is 10.2. The van der Waals surface area contributed by atoms with Gasteiger partial charge < -0.3 is 14.6 Å². The van der Waals surface area contributed by atoms with Gasteiger partial charge in [0, 0.05) is 17.9 Å². The molecule has 0 aliphatic carbocycles. The average molecular weight is 210 g/mol. The molecule has 0 saturated heterocycles. The summed E-state index contributed by atoms with van der Waals surface area (Å²) in [6, 6.07) is 4.17. The minimum atomic E-state index is -0.682. The molecule has 3 nitrogen and oxygen atoms in total. The molecule has 0 aliphatic rings. The maximum atomic E-state index is 10.2. The van der Waals surface area contributed by atoms with Gasteiger partial charge in [-0.1, -0.05) is 0 Å². The summed E-state index contributed by atoms with van der Waals surface area (Å²) in [5, 5.41) is 10.2. The van der Waals surface area contributed by atoms with Crippen molar-refractivity contribution in [3.63, 3.8) is 0 Å². The Morgan fingerprint density at radius 2 is 1.73 bits per heavy atom. The topological polar surface area (TPSA) is 28.4 Å². The molecule has 0 aliphatic heterocycles. The lowest BCUT2D eigenvalue weighted by Crippen LogP contribution is -2.41. The van der Waals surface area contributed by atoms with E-state index in [-0.39, 0.29) is 0 Å². The molecule has 0 fully saturated rings. The number of nitrogens with zero attached hydrogens (tertiary/aromatic N) is 2. The minimum absolute atomic E-state index is 0.649. The van der Waals surface area contributed by atoms with Gasteiger partial charge in [0.15, 0.2) is 0 Å². The summed E-state index contributed by atoms with van der Waals surface area (Å²) in [5.74, 6) is 0. The molecule has 0 bridgehead atoms. The highest BCUT2D eigenvalue weighted by atomic mass is 16.3. The van der Waals surface area contributed by atoms with Crippen molar-refractivity contribution in [2.24, 2.45) is 0 Å². The van der Waals surface area contributed by atoms with Crippen LogP contribution < -0.4 is 0 Å². The fourth-order valence-electron chi connectivity index (χ4n) is 2.02. The second-order valence-electron chi connectivity index (χ2n) is 4.94. The van der Waals surface area contributed by atoms with Crippen molar-refractivity contribution >= 4 is 0 Å². The minimum Gasteiger partial charge on any atom is -0.387 e. The molecule has 0 spiro atoms. The summed E-state index contributed by atoms with van der Waals surface area (Å²) in [7, 11) is 3.95. The van der Waals surface area contributed by atoms with E-state index in [1.54, 1.807) is 0 Å². The Labute approximate surface area is 92.3 Å². The molecule has 1 aromatic heterocycles. The van der Waals surface area contributed by atoms with Crippen molar-refractivity contribution in [2.75, 3.05) is 20.6 Å². The number of hydrogen-bond acceptors (Lipinski definition) is 2. The summed E-state index contributed by atoms with van der Waals surface area (Å²) in [4.78, 5) is 2.01. The Morgan fingerprint density at radius 3 is 2.13 bits per heavy atom. The van der Waals surface area contributed by atoms with Crippen molar-refractivity contribution < 1.29 is 5.11 Å². The third-order valence-electron chi connectivity index (χ3n) is 2.57. The van der Waals surface area contributed by atoms with Crippen molar-refractivity contribution in [1.82, 2.24) is 9.47 Å². The molecule has 1 unspecified atom stereocenters. The smallest absolute Gasteiger partial charge is 0.0923 e. The highest BCUT2D eigenvalue weighted by Gasteiger charge is 2.22. The third-order valence-corrected chi connectivity index (χ3v) is 2.57. The van der Waals surface area contributed by atoms with E-state index >= 15 is 0 Å². The Kier molecular flexibility index (Phi) is 3.58.